The van der Waals surface area contributed by atoms with Crippen LogP contribution in [-0.2, 0) is 4.79 Å². The highest BCUT2D eigenvalue weighted by molar-refractivity contribution is 7.10. The number of amides is 1. The molecule has 1 N–H and O–H groups in total. The average molecular weight is 264 g/mol. The molecule has 1 aromatic rings. The Kier molecular flexibility index (Phi) is 2.94. The summed E-state index contributed by atoms with van der Waals surface area (Å²) < 4.78 is 0. The van der Waals surface area contributed by atoms with Crippen molar-refractivity contribution in [2.45, 2.75) is 44.8 Å². The van der Waals surface area contributed by atoms with Gasteiger partial charge in [-0.3, -0.25) is 10.1 Å². The van der Waals surface area contributed by atoms with Crippen LogP contribution in [0.4, 0.5) is 0 Å². The van der Waals surface area contributed by atoms with E-state index in [1.165, 1.54) is 4.88 Å². The van der Waals surface area contributed by atoms with Gasteiger partial charge in [0.25, 0.3) is 0 Å². The lowest BCUT2D eigenvalue weighted by atomic mass is 10.1. The minimum absolute atomic E-state index is 0.110. The highest BCUT2D eigenvalue weighted by Crippen LogP contribution is 2.46. The molecular weight excluding hydrogens is 244 g/mol. The van der Waals surface area contributed by atoms with E-state index in [0.29, 0.717) is 11.8 Å². The molecule has 1 aliphatic heterocycles. The van der Waals surface area contributed by atoms with Crippen molar-refractivity contribution in [2.24, 2.45) is 5.92 Å². The van der Waals surface area contributed by atoms with Crippen LogP contribution in [0, 0.1) is 5.92 Å². The average Bonchev–Trinajstić information content (AvgIpc) is 2.82. The molecule has 1 aliphatic carbocycles. The molecule has 2 heterocycles. The Morgan fingerprint density at radius 3 is 2.89 bits per heavy atom. The molecule has 1 atom stereocenters. The van der Waals surface area contributed by atoms with Crippen molar-refractivity contribution >= 4 is 17.2 Å². The number of nitrogens with zero attached hydrogens (tertiary/aromatic N) is 1. The minimum atomic E-state index is -0.203. The normalized spacial score (nSPS) is 25.4. The number of thiophene rings is 1. The standard InChI is InChI=1S/C14H20N2OS/c1-10(2)5-8-16-12(11-4-3-9-18-11)15-14(6-7-14)13(16)17/h3-4,9-10,12,15H,5-8H2,1-2H3. The summed E-state index contributed by atoms with van der Waals surface area (Å²) in [6, 6.07) is 4.18. The molecule has 1 aromatic heterocycles. The fraction of sp³-hybridized carbons (Fsp3) is 0.643. The lowest BCUT2D eigenvalue weighted by Gasteiger charge is -2.24. The predicted molar refractivity (Wildman–Crippen MR) is 73.3 cm³/mol. The Bertz CT molecular complexity index is 437. The van der Waals surface area contributed by atoms with Crippen LogP contribution in [0.2, 0.25) is 0 Å². The summed E-state index contributed by atoms with van der Waals surface area (Å²) in [5.41, 5.74) is -0.203. The summed E-state index contributed by atoms with van der Waals surface area (Å²) in [7, 11) is 0. The van der Waals surface area contributed by atoms with Crippen molar-refractivity contribution in [3.05, 3.63) is 22.4 Å². The molecule has 1 amide bonds. The van der Waals surface area contributed by atoms with Gasteiger partial charge in [-0.25, -0.2) is 0 Å². The van der Waals surface area contributed by atoms with E-state index in [1.807, 2.05) is 0 Å². The molecule has 98 valence electrons. The van der Waals surface area contributed by atoms with Crippen molar-refractivity contribution in [1.29, 1.82) is 0 Å². The van der Waals surface area contributed by atoms with Crippen molar-refractivity contribution in [1.82, 2.24) is 10.2 Å². The summed E-state index contributed by atoms with van der Waals surface area (Å²) in [6.07, 6.45) is 3.20. The number of carbonyl (C=O) groups excluding carboxylic acids is 1. The number of nitrogens with one attached hydrogen (secondary N) is 1. The predicted octanol–water partition coefficient (Wildman–Crippen LogP) is 2.76. The lowest BCUT2D eigenvalue weighted by molar-refractivity contribution is -0.131. The van der Waals surface area contributed by atoms with Crippen LogP contribution in [0.15, 0.2) is 17.5 Å². The third-order valence-electron chi connectivity index (χ3n) is 3.90. The molecule has 0 radical (unpaired) electrons. The maximum atomic E-state index is 12.5. The zero-order valence-electron chi connectivity index (χ0n) is 11.0. The van der Waals surface area contributed by atoms with Crippen LogP contribution in [0.3, 0.4) is 0 Å². The molecule has 18 heavy (non-hydrogen) atoms. The van der Waals surface area contributed by atoms with Gasteiger partial charge in [0, 0.05) is 11.4 Å². The van der Waals surface area contributed by atoms with Gasteiger partial charge in [0.15, 0.2) is 0 Å². The second-order valence-electron chi connectivity index (χ2n) is 5.83. The maximum Gasteiger partial charge on any atom is 0.244 e. The quantitative estimate of drug-likeness (QED) is 0.907. The summed E-state index contributed by atoms with van der Waals surface area (Å²) in [5.74, 6) is 0.957. The molecule has 3 rings (SSSR count). The highest BCUT2D eigenvalue weighted by Gasteiger charge is 2.59. The van der Waals surface area contributed by atoms with E-state index < -0.39 is 0 Å². The van der Waals surface area contributed by atoms with Gasteiger partial charge in [-0.05, 0) is 36.6 Å². The van der Waals surface area contributed by atoms with Gasteiger partial charge in [0.2, 0.25) is 5.91 Å². The molecular formula is C14H20N2OS. The van der Waals surface area contributed by atoms with Crippen LogP contribution in [0.5, 0.6) is 0 Å². The van der Waals surface area contributed by atoms with E-state index in [2.05, 4.69) is 41.6 Å². The first-order chi connectivity index (χ1) is 8.62. The Hall–Kier alpha value is -0.870. The topological polar surface area (TPSA) is 32.3 Å². The van der Waals surface area contributed by atoms with E-state index in [-0.39, 0.29) is 11.7 Å². The van der Waals surface area contributed by atoms with Crippen molar-refractivity contribution < 1.29 is 4.79 Å². The molecule has 2 aliphatic rings. The Morgan fingerprint density at radius 2 is 2.33 bits per heavy atom. The SMILES string of the molecule is CC(C)CCN1C(=O)C2(CC2)NC1c1cccs1. The molecule has 1 saturated carbocycles. The van der Waals surface area contributed by atoms with Crippen LogP contribution in [-0.4, -0.2) is 22.9 Å². The van der Waals surface area contributed by atoms with E-state index >= 15 is 0 Å². The molecule has 1 spiro atoms. The van der Waals surface area contributed by atoms with Gasteiger partial charge < -0.3 is 4.90 Å². The highest BCUT2D eigenvalue weighted by atomic mass is 32.1. The largest absolute Gasteiger partial charge is 0.320 e. The zero-order valence-corrected chi connectivity index (χ0v) is 11.8. The second kappa shape index (κ2) is 4.35. The Balaban J connectivity index is 1.80. The Morgan fingerprint density at radius 1 is 1.56 bits per heavy atom. The van der Waals surface area contributed by atoms with E-state index in [0.717, 1.165) is 25.8 Å². The summed E-state index contributed by atoms with van der Waals surface area (Å²) in [6.45, 7) is 5.29. The van der Waals surface area contributed by atoms with Crippen molar-refractivity contribution in [2.75, 3.05) is 6.54 Å². The third kappa shape index (κ3) is 1.97. The van der Waals surface area contributed by atoms with Crippen molar-refractivity contribution in [3.63, 3.8) is 0 Å². The van der Waals surface area contributed by atoms with Crippen molar-refractivity contribution in [3.8, 4) is 0 Å². The first-order valence-electron chi connectivity index (χ1n) is 6.74. The van der Waals surface area contributed by atoms with E-state index in [4.69, 9.17) is 0 Å². The summed E-state index contributed by atoms with van der Waals surface area (Å²) >= 11 is 1.73. The first-order valence-corrected chi connectivity index (χ1v) is 7.62. The van der Waals surface area contributed by atoms with Crippen LogP contribution in [0.25, 0.3) is 0 Å². The van der Waals surface area contributed by atoms with Gasteiger partial charge in [-0.2, -0.15) is 0 Å². The van der Waals surface area contributed by atoms with Crippen LogP contribution >= 0.6 is 11.3 Å². The number of rotatable bonds is 4. The molecule has 0 bridgehead atoms. The smallest absolute Gasteiger partial charge is 0.244 e. The van der Waals surface area contributed by atoms with E-state index in [9.17, 15) is 4.79 Å². The number of hydrogen-bond acceptors (Lipinski definition) is 3. The Labute approximate surface area is 112 Å². The molecule has 1 saturated heterocycles. The zero-order chi connectivity index (χ0) is 12.8. The number of carbonyl (C=O) groups is 1. The van der Waals surface area contributed by atoms with Crippen LogP contribution < -0.4 is 5.32 Å². The fourth-order valence-electron chi connectivity index (χ4n) is 2.58. The van der Waals surface area contributed by atoms with Gasteiger partial charge in [-0.15, -0.1) is 11.3 Å². The summed E-state index contributed by atoms with van der Waals surface area (Å²) in [5, 5.41) is 5.64. The lowest BCUT2D eigenvalue weighted by Crippen LogP contribution is -2.33. The van der Waals surface area contributed by atoms with Gasteiger partial charge in [0.1, 0.15) is 11.7 Å². The van der Waals surface area contributed by atoms with Gasteiger partial charge in [-0.1, -0.05) is 19.9 Å². The minimum Gasteiger partial charge on any atom is -0.320 e. The van der Waals surface area contributed by atoms with E-state index in [1.54, 1.807) is 11.3 Å². The van der Waals surface area contributed by atoms with Crippen LogP contribution in [0.1, 0.15) is 44.2 Å². The number of hydrogen-bond donors (Lipinski definition) is 1. The molecule has 4 heteroatoms. The first kappa shape index (κ1) is 12.2. The second-order valence-corrected chi connectivity index (χ2v) is 6.80. The van der Waals surface area contributed by atoms with Gasteiger partial charge >= 0.3 is 0 Å². The molecule has 3 nitrogen and oxygen atoms in total. The monoisotopic (exact) mass is 264 g/mol. The molecule has 2 fully saturated rings. The molecule has 1 unspecified atom stereocenters. The fourth-order valence-corrected chi connectivity index (χ4v) is 3.36. The summed E-state index contributed by atoms with van der Waals surface area (Å²) in [4.78, 5) is 15.8. The maximum absolute atomic E-state index is 12.5. The molecule has 0 aromatic carbocycles. The third-order valence-corrected chi connectivity index (χ3v) is 4.83. The van der Waals surface area contributed by atoms with Gasteiger partial charge in [0.05, 0.1) is 0 Å².